The van der Waals surface area contributed by atoms with E-state index >= 15 is 0 Å². The summed E-state index contributed by atoms with van der Waals surface area (Å²) in [4.78, 5) is 11.3. The molecule has 90 valence electrons. The minimum Gasteiger partial charge on any atom is -0.449 e. The van der Waals surface area contributed by atoms with E-state index < -0.39 is 6.09 Å². The highest BCUT2D eigenvalue weighted by molar-refractivity contribution is 5.68. The minimum atomic E-state index is -0.441. The van der Waals surface area contributed by atoms with E-state index in [2.05, 4.69) is 15.5 Å². The van der Waals surface area contributed by atoms with Gasteiger partial charge in [-0.1, -0.05) is 0 Å². The van der Waals surface area contributed by atoms with Crippen molar-refractivity contribution in [2.45, 2.75) is 39.7 Å². The number of nitrogens with zero attached hydrogens (tertiary/aromatic N) is 2. The molecule has 0 saturated heterocycles. The van der Waals surface area contributed by atoms with E-state index in [1.807, 2.05) is 20.8 Å². The van der Waals surface area contributed by atoms with Crippen LogP contribution < -0.4 is 5.32 Å². The van der Waals surface area contributed by atoms with Gasteiger partial charge in [-0.15, -0.1) is 10.2 Å². The minimum absolute atomic E-state index is 0.226. The molecule has 0 aromatic carbocycles. The van der Waals surface area contributed by atoms with Crippen LogP contribution in [0.5, 0.6) is 0 Å². The SMILES string of the molecule is Cc1nnc(CCOC(=O)NC(C)(C)C)o1. The number of nitrogens with one attached hydrogen (secondary N) is 1. The summed E-state index contributed by atoms with van der Waals surface area (Å²) in [7, 11) is 0. The molecule has 0 aliphatic heterocycles. The largest absolute Gasteiger partial charge is 0.449 e. The Morgan fingerprint density at radius 1 is 1.44 bits per heavy atom. The summed E-state index contributed by atoms with van der Waals surface area (Å²) in [5.74, 6) is 0.982. The van der Waals surface area contributed by atoms with Crippen molar-refractivity contribution in [3.63, 3.8) is 0 Å². The Labute approximate surface area is 94.4 Å². The first-order chi connectivity index (χ1) is 7.37. The monoisotopic (exact) mass is 227 g/mol. The van der Waals surface area contributed by atoms with Gasteiger partial charge in [0.05, 0.1) is 6.42 Å². The van der Waals surface area contributed by atoms with Gasteiger partial charge in [0.25, 0.3) is 0 Å². The maximum absolute atomic E-state index is 11.3. The number of hydrogen-bond acceptors (Lipinski definition) is 5. The van der Waals surface area contributed by atoms with Crippen molar-refractivity contribution >= 4 is 6.09 Å². The number of alkyl carbamates (subject to hydrolysis) is 1. The molecule has 0 radical (unpaired) electrons. The highest BCUT2D eigenvalue weighted by Gasteiger charge is 2.14. The van der Waals surface area contributed by atoms with E-state index in [4.69, 9.17) is 9.15 Å². The lowest BCUT2D eigenvalue weighted by atomic mass is 10.1. The summed E-state index contributed by atoms with van der Waals surface area (Å²) in [6.45, 7) is 7.59. The molecule has 0 saturated carbocycles. The third kappa shape index (κ3) is 4.77. The highest BCUT2D eigenvalue weighted by atomic mass is 16.5. The van der Waals surface area contributed by atoms with Gasteiger partial charge in [-0.25, -0.2) is 4.79 Å². The van der Waals surface area contributed by atoms with Gasteiger partial charge < -0.3 is 14.5 Å². The zero-order chi connectivity index (χ0) is 12.2. The van der Waals surface area contributed by atoms with E-state index in [0.717, 1.165) is 0 Å². The maximum Gasteiger partial charge on any atom is 0.407 e. The number of carbonyl (C=O) groups excluding carboxylic acids is 1. The summed E-state index contributed by atoms with van der Waals surface area (Å²) < 4.78 is 10.1. The van der Waals surface area contributed by atoms with E-state index in [1.165, 1.54) is 0 Å². The zero-order valence-electron chi connectivity index (χ0n) is 10.0. The van der Waals surface area contributed by atoms with Gasteiger partial charge >= 0.3 is 6.09 Å². The van der Waals surface area contributed by atoms with Crippen LogP contribution in [-0.2, 0) is 11.2 Å². The predicted octanol–water partition coefficient (Wildman–Crippen LogP) is 1.45. The molecule has 1 aromatic rings. The van der Waals surface area contributed by atoms with E-state index in [-0.39, 0.29) is 12.1 Å². The fraction of sp³-hybridized carbons (Fsp3) is 0.700. The second kappa shape index (κ2) is 4.96. The molecule has 0 bridgehead atoms. The second-order valence-electron chi connectivity index (χ2n) is 4.48. The molecular formula is C10H17N3O3. The third-order valence-electron chi connectivity index (χ3n) is 1.59. The molecule has 0 unspecified atom stereocenters. The van der Waals surface area contributed by atoms with Crippen LogP contribution in [0.2, 0.25) is 0 Å². The average molecular weight is 227 g/mol. The molecule has 6 nitrogen and oxygen atoms in total. The molecule has 1 aromatic heterocycles. The van der Waals surface area contributed by atoms with E-state index in [9.17, 15) is 4.79 Å². The summed E-state index contributed by atoms with van der Waals surface area (Å²) in [5, 5.41) is 10.1. The van der Waals surface area contributed by atoms with Crippen LogP contribution in [0.1, 0.15) is 32.6 Å². The first kappa shape index (κ1) is 12.5. The molecule has 16 heavy (non-hydrogen) atoms. The van der Waals surface area contributed by atoms with Crippen LogP contribution in [0.25, 0.3) is 0 Å². The number of rotatable bonds is 3. The lowest BCUT2D eigenvalue weighted by Gasteiger charge is -2.19. The Morgan fingerprint density at radius 3 is 2.62 bits per heavy atom. The number of aromatic nitrogens is 2. The molecule has 1 heterocycles. The number of carbonyl (C=O) groups is 1. The van der Waals surface area contributed by atoms with Crippen LogP contribution in [0.15, 0.2) is 4.42 Å². The van der Waals surface area contributed by atoms with Crippen molar-refractivity contribution < 1.29 is 13.9 Å². The van der Waals surface area contributed by atoms with Gasteiger partial charge in [-0.05, 0) is 20.8 Å². The lowest BCUT2D eigenvalue weighted by Crippen LogP contribution is -2.41. The Balaban J connectivity index is 2.23. The number of aryl methyl sites for hydroxylation is 1. The predicted molar refractivity (Wildman–Crippen MR) is 57.0 cm³/mol. The summed E-state index contributed by atoms with van der Waals surface area (Å²) >= 11 is 0. The van der Waals surface area contributed by atoms with Crippen molar-refractivity contribution in [3.05, 3.63) is 11.8 Å². The quantitative estimate of drug-likeness (QED) is 0.845. The molecule has 6 heteroatoms. The molecule has 0 atom stereocenters. The third-order valence-corrected chi connectivity index (χ3v) is 1.59. The molecule has 1 N–H and O–H groups in total. The van der Waals surface area contributed by atoms with Gasteiger partial charge in [-0.3, -0.25) is 0 Å². The van der Waals surface area contributed by atoms with Crippen LogP contribution in [0.4, 0.5) is 4.79 Å². The molecule has 1 amide bonds. The first-order valence-electron chi connectivity index (χ1n) is 5.11. The summed E-state index contributed by atoms with van der Waals surface area (Å²) in [6.07, 6.45) is -0.0120. The number of hydrogen-bond donors (Lipinski definition) is 1. The molecule has 1 rings (SSSR count). The number of ether oxygens (including phenoxy) is 1. The van der Waals surface area contributed by atoms with Crippen molar-refractivity contribution in [1.29, 1.82) is 0 Å². The molecule has 0 fully saturated rings. The van der Waals surface area contributed by atoms with Crippen molar-refractivity contribution in [3.8, 4) is 0 Å². The van der Waals surface area contributed by atoms with Crippen molar-refractivity contribution in [1.82, 2.24) is 15.5 Å². The van der Waals surface area contributed by atoms with Crippen molar-refractivity contribution in [2.24, 2.45) is 0 Å². The summed E-state index contributed by atoms with van der Waals surface area (Å²) in [5.41, 5.74) is -0.293. The lowest BCUT2D eigenvalue weighted by molar-refractivity contribution is 0.137. The Bertz CT molecular complexity index is 354. The number of amides is 1. The van der Waals surface area contributed by atoms with Gasteiger partial charge in [0, 0.05) is 12.5 Å². The Kier molecular flexibility index (Phi) is 3.87. The topological polar surface area (TPSA) is 77.2 Å². The zero-order valence-corrected chi connectivity index (χ0v) is 10.0. The highest BCUT2D eigenvalue weighted by Crippen LogP contribution is 2.01. The van der Waals surface area contributed by atoms with Gasteiger partial charge in [0.1, 0.15) is 6.61 Å². The van der Waals surface area contributed by atoms with Gasteiger partial charge in [0.2, 0.25) is 11.8 Å². The van der Waals surface area contributed by atoms with Crippen LogP contribution >= 0.6 is 0 Å². The normalized spacial score (nSPS) is 11.2. The van der Waals surface area contributed by atoms with Crippen molar-refractivity contribution in [2.75, 3.05) is 6.61 Å². The Hall–Kier alpha value is -1.59. The van der Waals surface area contributed by atoms with Crippen LogP contribution in [-0.4, -0.2) is 28.4 Å². The van der Waals surface area contributed by atoms with Gasteiger partial charge in [-0.2, -0.15) is 0 Å². The smallest absolute Gasteiger partial charge is 0.407 e. The van der Waals surface area contributed by atoms with E-state index in [1.54, 1.807) is 6.92 Å². The molecule has 0 aliphatic carbocycles. The maximum atomic E-state index is 11.3. The first-order valence-corrected chi connectivity index (χ1v) is 5.11. The molecular weight excluding hydrogens is 210 g/mol. The van der Waals surface area contributed by atoms with Crippen LogP contribution in [0.3, 0.4) is 0 Å². The molecule has 0 aliphatic rings. The van der Waals surface area contributed by atoms with Crippen LogP contribution in [0, 0.1) is 6.92 Å². The fourth-order valence-electron chi connectivity index (χ4n) is 1.01. The van der Waals surface area contributed by atoms with Gasteiger partial charge in [0.15, 0.2) is 0 Å². The van der Waals surface area contributed by atoms with E-state index in [0.29, 0.717) is 18.2 Å². The standard InChI is InChI=1S/C10H17N3O3/c1-7-12-13-8(16-7)5-6-15-9(14)11-10(2,3)4/h5-6H2,1-4H3,(H,11,14). The fourth-order valence-corrected chi connectivity index (χ4v) is 1.01. The molecule has 0 spiro atoms. The second-order valence-corrected chi connectivity index (χ2v) is 4.48. The Morgan fingerprint density at radius 2 is 2.12 bits per heavy atom. The summed E-state index contributed by atoms with van der Waals surface area (Å²) in [6, 6.07) is 0. The average Bonchev–Trinajstić information content (AvgIpc) is 2.48.